The maximum absolute atomic E-state index is 12.9. The van der Waals surface area contributed by atoms with Crippen LogP contribution in [0, 0.1) is 89.8 Å². The number of benzene rings is 5. The van der Waals surface area contributed by atoms with Crippen molar-refractivity contribution in [2.75, 3.05) is 47.8 Å². The second-order valence-corrected chi connectivity index (χ2v) is 37.9. The third-order valence-electron chi connectivity index (χ3n) is 32.0. The Morgan fingerprint density at radius 1 is 0.396 bits per heavy atom. The van der Waals surface area contributed by atoms with Crippen molar-refractivity contribution in [3.05, 3.63) is 169 Å². The number of aryl methyl sites for hydroxylation is 3. The van der Waals surface area contributed by atoms with E-state index in [1.807, 2.05) is 26.4 Å². The zero-order chi connectivity index (χ0) is 78.3. The van der Waals surface area contributed by atoms with Crippen molar-refractivity contribution >= 4 is 29.7 Å². The Labute approximate surface area is 660 Å². The van der Waals surface area contributed by atoms with Gasteiger partial charge >= 0.3 is 17.9 Å². The van der Waals surface area contributed by atoms with E-state index in [2.05, 4.69) is 109 Å². The number of hydrogen-bond donors (Lipinski definition) is 2. The smallest absolute Gasteiger partial charge is 0.302 e. The van der Waals surface area contributed by atoms with Crippen molar-refractivity contribution in [3.8, 4) is 5.75 Å². The summed E-state index contributed by atoms with van der Waals surface area (Å²) < 4.78 is 34.0. The topological polar surface area (TPSA) is 194 Å². The number of nitrogens with zero attached hydrogens (tertiary/aromatic N) is 1. The van der Waals surface area contributed by atoms with Gasteiger partial charge in [-0.25, -0.2) is 0 Å². The van der Waals surface area contributed by atoms with Gasteiger partial charge in [0.05, 0.1) is 43.7 Å². The number of esters is 3. The van der Waals surface area contributed by atoms with Crippen LogP contribution in [0.25, 0.3) is 0 Å². The molecule has 2 N–H and O–H groups in total. The molecule has 1 aliphatic heterocycles. The van der Waals surface area contributed by atoms with Crippen molar-refractivity contribution in [1.29, 1.82) is 0 Å². The lowest BCUT2D eigenvalue weighted by atomic mass is 9.54. The predicted octanol–water partition coefficient (Wildman–Crippen LogP) is 19.3. The minimum atomic E-state index is -0.390. The minimum Gasteiger partial charge on any atom is -0.508 e. The fraction of sp³-hybridized carbons (Fsp3) is 0.635. The Morgan fingerprint density at radius 3 is 1.05 bits per heavy atom. The molecule has 0 spiro atoms. The quantitative estimate of drug-likeness (QED) is 0.0680. The molecule has 4 unspecified atom stereocenters. The van der Waals surface area contributed by atoms with Crippen LogP contribution in [0.5, 0.6) is 5.75 Å². The van der Waals surface area contributed by atoms with Gasteiger partial charge in [-0.15, -0.1) is 5.06 Å². The third kappa shape index (κ3) is 14.5. The first-order valence-electron chi connectivity index (χ1n) is 42.6. The summed E-state index contributed by atoms with van der Waals surface area (Å²) in [6.07, 6.45) is 22.3. The summed E-state index contributed by atoms with van der Waals surface area (Å²) in [5.41, 5.74) is 16.6. The summed E-state index contributed by atoms with van der Waals surface area (Å²) in [5, 5.41) is 21.4. The van der Waals surface area contributed by atoms with Gasteiger partial charge in [0, 0.05) is 82.0 Å². The Kier molecular flexibility index (Phi) is 22.8. The standard InChI is InChI=1S/C30H33NO5.2C23H32O3.C20H28O3/c1-17-8-9-20-21-12-13-30(3)26(10-11-27(30)36-18(2)32)25(21)15-19(24(20)14-17)16-35-31-28(33)22-6-4-5-7-23(22)29(31)34;2*1-14-5-6-17-18-9-10-23(3)21(7-8-22(23)26-15(2)24)20(18)12-16(13-25-4)19(17)11-14;1-20-8-7-15-14-4-3-13(21)10-16(14)12(11-23-2)9-17(15)18(20)5-6-19(20)22/h4-9,14,19,21,25-27H,10-13,15-16H2,1-3H3;2*5-6,11,16,18,20-22H,7-10,12-13H2,1-4H3;3-4,10,12,15,17-19,21-22H,5-9,11H2,1-2H3/t19-,21+,25+,26-,27?,30-;2*16-,18+,20+,21-,22?,23-;12-,15+,17+,18-,19?,20-/m0000/s1. The number of carbonyl (C=O) groups is 5. The molecule has 598 valence electrons. The van der Waals surface area contributed by atoms with E-state index in [9.17, 15) is 34.2 Å². The Bertz CT molecular complexity index is 4140. The van der Waals surface area contributed by atoms with Gasteiger partial charge in [-0.1, -0.05) is 117 Å². The molecule has 111 heavy (non-hydrogen) atoms. The van der Waals surface area contributed by atoms with E-state index in [1.54, 1.807) is 56.3 Å². The van der Waals surface area contributed by atoms with Crippen molar-refractivity contribution < 1.29 is 67.4 Å². The van der Waals surface area contributed by atoms with E-state index in [4.69, 9.17) is 33.3 Å². The number of rotatable bonds is 12. The molecule has 1 heterocycles. The van der Waals surface area contributed by atoms with Crippen LogP contribution < -0.4 is 0 Å². The average Bonchev–Trinajstić information content (AvgIpc) is 1.69. The molecule has 18 rings (SSSR count). The van der Waals surface area contributed by atoms with Gasteiger partial charge in [0.2, 0.25) is 0 Å². The number of hydrogen-bond acceptors (Lipinski definition) is 14. The fourth-order valence-corrected chi connectivity index (χ4v) is 26.9. The molecule has 24 atom stereocenters. The maximum Gasteiger partial charge on any atom is 0.302 e. The Balaban J connectivity index is 0.000000119. The average molecular weight is 1520 g/mol. The van der Waals surface area contributed by atoms with Gasteiger partial charge in [0.1, 0.15) is 24.1 Å². The van der Waals surface area contributed by atoms with Crippen molar-refractivity contribution in [1.82, 2.24) is 5.06 Å². The number of ether oxygens (including phenoxy) is 6. The first-order valence-corrected chi connectivity index (χ1v) is 42.6. The van der Waals surface area contributed by atoms with E-state index >= 15 is 0 Å². The molecule has 15 heteroatoms. The summed E-state index contributed by atoms with van der Waals surface area (Å²) in [7, 11) is 5.40. The number of aromatic hydroxyl groups is 1. The van der Waals surface area contributed by atoms with Gasteiger partial charge in [-0.2, -0.15) is 0 Å². The number of amides is 2. The number of methoxy groups -OCH3 is 3. The number of carbonyl (C=O) groups excluding carboxylic acids is 5. The van der Waals surface area contributed by atoms with E-state index in [0.717, 1.165) is 95.3 Å². The number of aliphatic hydroxyl groups excluding tert-OH is 1. The minimum absolute atomic E-state index is 0.0109. The SMILES string of the molecule is CC(=O)OC1CC[C@H]2[C@@H]3C[C@@H](CON4C(=O)c5ccccc5C4=O)c4cc(C)ccc4[C@H]3CC[C@]12C.COC[C@@H]1C[C@@H]2[C@H](CC[C@]3(C)C(O)CC[C@@H]23)c2ccc(O)cc21.COC[C@@H]1C[C@@H]2[C@H](CC[C@]3(C)C(OC(C)=O)CC[C@@H]23)c2ccc(C)cc21.COC[C@@H]1C[C@@H]2[C@H](CC[C@]3(C)C(OC(C)=O)CC[C@@H]23)c2ccc(C)cc21. The third-order valence-corrected chi connectivity index (χ3v) is 32.0. The second-order valence-electron chi connectivity index (χ2n) is 37.9. The fourth-order valence-electron chi connectivity index (χ4n) is 26.9. The van der Waals surface area contributed by atoms with Gasteiger partial charge in [-0.3, -0.25) is 28.8 Å². The molecule has 0 aromatic heterocycles. The molecule has 5 aromatic carbocycles. The molecule has 0 saturated heterocycles. The molecule has 15 nitrogen and oxygen atoms in total. The van der Waals surface area contributed by atoms with Crippen LogP contribution in [0.15, 0.2) is 97.1 Å². The zero-order valence-corrected chi connectivity index (χ0v) is 68.5. The van der Waals surface area contributed by atoms with Crippen LogP contribution in [-0.2, 0) is 47.6 Å². The molecule has 2 amide bonds. The normalized spacial score (nSPS) is 37.2. The maximum atomic E-state index is 12.9. The van der Waals surface area contributed by atoms with Crippen LogP contribution in [0.1, 0.15) is 306 Å². The van der Waals surface area contributed by atoms with Crippen LogP contribution in [0.2, 0.25) is 0 Å². The lowest BCUT2D eigenvalue weighted by Gasteiger charge is -2.51. The van der Waals surface area contributed by atoms with Crippen LogP contribution in [-0.4, -0.2) is 117 Å². The molecule has 13 aliphatic rings. The summed E-state index contributed by atoms with van der Waals surface area (Å²) in [6.45, 7) is 23.1. The Morgan fingerprint density at radius 2 is 0.703 bits per heavy atom. The number of fused-ring (bicyclic) bond motifs is 21. The highest BCUT2D eigenvalue weighted by Crippen LogP contribution is 2.68. The number of phenolic OH excluding ortho intramolecular Hbond substituents is 1. The van der Waals surface area contributed by atoms with Gasteiger partial charge in [0.25, 0.3) is 11.8 Å². The molecule has 8 fully saturated rings. The van der Waals surface area contributed by atoms with Crippen LogP contribution >= 0.6 is 0 Å². The van der Waals surface area contributed by atoms with Crippen LogP contribution in [0.4, 0.5) is 0 Å². The summed E-state index contributed by atoms with van der Waals surface area (Å²) in [5.74, 6) is 7.82. The molecule has 0 radical (unpaired) electrons. The highest BCUT2D eigenvalue weighted by molar-refractivity contribution is 6.20. The van der Waals surface area contributed by atoms with Crippen molar-refractivity contribution in [2.45, 2.75) is 269 Å². The largest absolute Gasteiger partial charge is 0.508 e. The Hall–Kier alpha value is -6.75. The predicted molar refractivity (Wildman–Crippen MR) is 427 cm³/mol. The molecule has 8 saturated carbocycles. The highest BCUT2D eigenvalue weighted by Gasteiger charge is 2.61. The van der Waals surface area contributed by atoms with Gasteiger partial charge in [-0.05, 0) is 294 Å². The monoisotopic (exact) mass is 1520 g/mol. The molecule has 5 aromatic rings. The van der Waals surface area contributed by atoms with E-state index in [0.29, 0.717) is 112 Å². The van der Waals surface area contributed by atoms with Crippen LogP contribution in [0.3, 0.4) is 0 Å². The lowest BCUT2D eigenvalue weighted by Crippen LogP contribution is -2.46. The molecule has 0 bridgehead atoms. The zero-order valence-electron chi connectivity index (χ0n) is 68.5. The highest BCUT2D eigenvalue weighted by atomic mass is 16.7. The number of hydroxylamine groups is 2. The van der Waals surface area contributed by atoms with E-state index in [1.165, 1.54) is 108 Å². The number of aliphatic hydroxyl groups is 1. The number of imide groups is 1. The van der Waals surface area contributed by atoms with Crippen molar-refractivity contribution in [2.24, 2.45) is 69.0 Å². The second kappa shape index (κ2) is 31.8. The lowest BCUT2D eigenvalue weighted by molar-refractivity contribution is -0.155. The summed E-state index contributed by atoms with van der Waals surface area (Å²) in [4.78, 5) is 66.7. The first-order chi connectivity index (χ1) is 53.2. The summed E-state index contributed by atoms with van der Waals surface area (Å²) in [6, 6.07) is 33.6. The van der Waals surface area contributed by atoms with E-state index in [-0.39, 0.29) is 88.3 Å². The molecular weight excluding hydrogens is 1390 g/mol. The number of phenols is 1. The van der Waals surface area contributed by atoms with E-state index < -0.39 is 0 Å². The van der Waals surface area contributed by atoms with Gasteiger partial charge in [0.15, 0.2) is 0 Å². The molecule has 12 aliphatic carbocycles. The van der Waals surface area contributed by atoms with Gasteiger partial charge < -0.3 is 38.6 Å². The molecular formula is C96H125NO14. The van der Waals surface area contributed by atoms with Crippen molar-refractivity contribution in [3.63, 3.8) is 0 Å². The first kappa shape index (κ1) is 79.5. The summed E-state index contributed by atoms with van der Waals surface area (Å²) >= 11 is 0.